The molecular weight excluding hydrogens is 304 g/mol. The van der Waals surface area contributed by atoms with Crippen LogP contribution in [-0.4, -0.2) is 11.7 Å². The quantitative estimate of drug-likeness (QED) is 0.189. The Morgan fingerprint density at radius 2 is 1.16 bits per heavy atom. The van der Waals surface area contributed by atoms with Gasteiger partial charge in [-0.15, -0.1) is 0 Å². The summed E-state index contributed by atoms with van der Waals surface area (Å²) in [5, 5.41) is 0. The van der Waals surface area contributed by atoms with Crippen LogP contribution in [0.1, 0.15) is 137 Å². The van der Waals surface area contributed by atoms with Crippen molar-refractivity contribution in [2.24, 2.45) is 5.41 Å². The van der Waals surface area contributed by atoms with E-state index in [-0.39, 0.29) is 5.60 Å². The van der Waals surface area contributed by atoms with E-state index in [0.29, 0.717) is 11.5 Å². The molecule has 1 heterocycles. The van der Waals surface area contributed by atoms with Gasteiger partial charge in [-0.05, 0) is 31.1 Å². The number of epoxide rings is 1. The third-order valence-corrected chi connectivity index (χ3v) is 6.72. The maximum absolute atomic E-state index is 6.62. The summed E-state index contributed by atoms with van der Waals surface area (Å²) < 4.78 is 6.62. The monoisotopic (exact) mass is 352 g/mol. The molecule has 1 fully saturated rings. The third kappa shape index (κ3) is 6.89. The van der Waals surface area contributed by atoms with Gasteiger partial charge < -0.3 is 4.74 Å². The van der Waals surface area contributed by atoms with Gasteiger partial charge in [0.15, 0.2) is 0 Å². The van der Waals surface area contributed by atoms with Crippen molar-refractivity contribution >= 4 is 0 Å². The van der Waals surface area contributed by atoms with Crippen molar-refractivity contribution in [2.75, 3.05) is 0 Å². The van der Waals surface area contributed by atoms with Crippen LogP contribution in [0.25, 0.3) is 0 Å². The molecule has 0 aromatic carbocycles. The predicted octanol–water partition coefficient (Wildman–Crippen LogP) is 8.45. The molecular formula is C24H48O. The lowest BCUT2D eigenvalue weighted by Gasteiger charge is -2.37. The molecule has 150 valence electrons. The van der Waals surface area contributed by atoms with Crippen molar-refractivity contribution in [3.8, 4) is 0 Å². The Kier molecular flexibility index (Phi) is 11.4. The third-order valence-electron chi connectivity index (χ3n) is 6.72. The van der Waals surface area contributed by atoms with Crippen molar-refractivity contribution < 1.29 is 4.74 Å². The summed E-state index contributed by atoms with van der Waals surface area (Å²) in [6.45, 7) is 11.9. The van der Waals surface area contributed by atoms with Crippen LogP contribution in [0, 0.1) is 5.41 Å². The minimum Gasteiger partial charge on any atom is -0.365 e. The molecule has 0 aromatic rings. The van der Waals surface area contributed by atoms with Gasteiger partial charge in [0, 0.05) is 0 Å². The summed E-state index contributed by atoms with van der Waals surface area (Å²) in [6, 6.07) is 0. The molecule has 1 aliphatic heterocycles. The lowest BCUT2D eigenvalue weighted by molar-refractivity contribution is 0.0813. The van der Waals surface area contributed by atoms with Gasteiger partial charge in [-0.25, -0.2) is 0 Å². The van der Waals surface area contributed by atoms with Crippen molar-refractivity contribution in [3.63, 3.8) is 0 Å². The van der Waals surface area contributed by atoms with Crippen molar-refractivity contribution in [1.82, 2.24) is 0 Å². The van der Waals surface area contributed by atoms with Crippen LogP contribution in [0.5, 0.6) is 0 Å². The lowest BCUT2D eigenvalue weighted by atomic mass is 9.66. The van der Waals surface area contributed by atoms with E-state index in [0.717, 1.165) is 0 Å². The molecule has 1 saturated heterocycles. The summed E-state index contributed by atoms with van der Waals surface area (Å²) in [7, 11) is 0. The molecule has 1 rings (SSSR count). The van der Waals surface area contributed by atoms with Crippen LogP contribution in [0.2, 0.25) is 0 Å². The fourth-order valence-electron chi connectivity index (χ4n) is 4.86. The summed E-state index contributed by atoms with van der Waals surface area (Å²) in [4.78, 5) is 0. The standard InChI is InChI=1S/C24H48O/c1-6-10-14-18-22-24(25-22,21-17-13-9-4)23(5,19-15-11-7-2)20-16-12-8-3/h22H,6-21H2,1-5H3. The fraction of sp³-hybridized carbons (Fsp3) is 1.00. The van der Waals surface area contributed by atoms with E-state index in [9.17, 15) is 0 Å². The number of unbranched alkanes of at least 4 members (excludes halogenated alkanes) is 8. The Labute approximate surface area is 159 Å². The topological polar surface area (TPSA) is 12.5 Å². The van der Waals surface area contributed by atoms with E-state index < -0.39 is 0 Å². The Bertz CT molecular complexity index is 314. The number of rotatable bonds is 17. The van der Waals surface area contributed by atoms with Crippen LogP contribution in [-0.2, 0) is 4.74 Å². The molecule has 0 saturated carbocycles. The molecule has 1 nitrogen and oxygen atoms in total. The van der Waals surface area contributed by atoms with Crippen LogP contribution in [0.15, 0.2) is 0 Å². The van der Waals surface area contributed by atoms with Crippen LogP contribution in [0.3, 0.4) is 0 Å². The van der Waals surface area contributed by atoms with E-state index >= 15 is 0 Å². The van der Waals surface area contributed by atoms with Gasteiger partial charge in [0.1, 0.15) is 5.60 Å². The minimum atomic E-state index is 0.220. The predicted molar refractivity (Wildman–Crippen MR) is 112 cm³/mol. The molecule has 2 unspecified atom stereocenters. The highest BCUT2D eigenvalue weighted by Crippen LogP contribution is 2.59. The van der Waals surface area contributed by atoms with Crippen LogP contribution in [0.4, 0.5) is 0 Å². The summed E-state index contributed by atoms with van der Waals surface area (Å²) in [5.74, 6) is 0. The second kappa shape index (κ2) is 12.4. The molecule has 0 bridgehead atoms. The Morgan fingerprint density at radius 3 is 1.68 bits per heavy atom. The normalized spacial score (nSPS) is 23.2. The highest BCUT2D eigenvalue weighted by molar-refractivity contribution is 5.12. The molecule has 0 amide bonds. The Hall–Kier alpha value is -0.0400. The molecule has 0 radical (unpaired) electrons. The van der Waals surface area contributed by atoms with Gasteiger partial charge in [0.2, 0.25) is 0 Å². The zero-order chi connectivity index (χ0) is 18.6. The zero-order valence-electron chi connectivity index (χ0n) is 18.3. The second-order valence-corrected chi connectivity index (χ2v) is 8.92. The molecule has 0 N–H and O–H groups in total. The maximum Gasteiger partial charge on any atom is 0.100 e. The molecule has 1 aliphatic rings. The van der Waals surface area contributed by atoms with Crippen molar-refractivity contribution in [3.05, 3.63) is 0 Å². The highest BCUT2D eigenvalue weighted by Gasteiger charge is 2.64. The summed E-state index contributed by atoms with van der Waals surface area (Å²) in [6.07, 6.45) is 22.2. The van der Waals surface area contributed by atoms with E-state index in [1.165, 1.54) is 103 Å². The first-order chi connectivity index (χ1) is 12.1. The largest absolute Gasteiger partial charge is 0.365 e. The first kappa shape index (κ1) is 23.0. The molecule has 0 aliphatic carbocycles. The minimum absolute atomic E-state index is 0.220. The zero-order valence-corrected chi connectivity index (χ0v) is 18.3. The maximum atomic E-state index is 6.62. The SMILES string of the molecule is CCCCCC1OC1(CCCCC)C(C)(CCCCC)CCCCC. The van der Waals surface area contributed by atoms with Gasteiger partial charge >= 0.3 is 0 Å². The first-order valence-electron chi connectivity index (χ1n) is 11.8. The van der Waals surface area contributed by atoms with E-state index in [2.05, 4.69) is 34.6 Å². The van der Waals surface area contributed by atoms with Gasteiger partial charge in [-0.3, -0.25) is 0 Å². The van der Waals surface area contributed by atoms with Crippen molar-refractivity contribution in [1.29, 1.82) is 0 Å². The average molecular weight is 353 g/mol. The van der Waals surface area contributed by atoms with Gasteiger partial charge in [-0.1, -0.05) is 112 Å². The van der Waals surface area contributed by atoms with Crippen LogP contribution < -0.4 is 0 Å². The smallest absolute Gasteiger partial charge is 0.100 e. The fourth-order valence-corrected chi connectivity index (χ4v) is 4.86. The number of hydrogen-bond donors (Lipinski definition) is 0. The molecule has 25 heavy (non-hydrogen) atoms. The molecule has 0 spiro atoms. The Balaban J connectivity index is 2.78. The van der Waals surface area contributed by atoms with Crippen molar-refractivity contribution in [2.45, 2.75) is 149 Å². The number of ether oxygens (including phenoxy) is 1. The highest BCUT2D eigenvalue weighted by atomic mass is 16.6. The molecule has 1 heteroatoms. The molecule has 0 aromatic heterocycles. The van der Waals surface area contributed by atoms with E-state index in [1.54, 1.807) is 0 Å². The lowest BCUT2D eigenvalue weighted by Crippen LogP contribution is -2.38. The van der Waals surface area contributed by atoms with E-state index in [1.807, 2.05) is 0 Å². The summed E-state index contributed by atoms with van der Waals surface area (Å²) >= 11 is 0. The van der Waals surface area contributed by atoms with E-state index in [4.69, 9.17) is 4.74 Å². The number of hydrogen-bond acceptors (Lipinski definition) is 1. The first-order valence-corrected chi connectivity index (χ1v) is 11.8. The van der Waals surface area contributed by atoms with Gasteiger partial charge in [0.05, 0.1) is 6.10 Å². The average Bonchev–Trinajstić information content (AvgIpc) is 3.31. The van der Waals surface area contributed by atoms with Gasteiger partial charge in [-0.2, -0.15) is 0 Å². The molecule has 2 atom stereocenters. The van der Waals surface area contributed by atoms with Crippen LogP contribution >= 0.6 is 0 Å². The second-order valence-electron chi connectivity index (χ2n) is 8.92. The Morgan fingerprint density at radius 1 is 0.680 bits per heavy atom. The van der Waals surface area contributed by atoms with Gasteiger partial charge in [0.25, 0.3) is 0 Å². The summed E-state index contributed by atoms with van der Waals surface area (Å²) in [5.41, 5.74) is 0.624.